The van der Waals surface area contributed by atoms with Crippen LogP contribution in [0.5, 0.6) is 0 Å². The van der Waals surface area contributed by atoms with Gasteiger partial charge in [-0.1, -0.05) is 0 Å². The van der Waals surface area contributed by atoms with E-state index >= 15 is 0 Å². The lowest BCUT2D eigenvalue weighted by Crippen LogP contribution is -2.24. The predicted octanol–water partition coefficient (Wildman–Crippen LogP) is 0.292. The summed E-state index contributed by atoms with van der Waals surface area (Å²) in [5.41, 5.74) is 2.54. The zero-order chi connectivity index (χ0) is 25.8. The first kappa shape index (κ1) is 23.0. The van der Waals surface area contributed by atoms with Gasteiger partial charge in [0.15, 0.2) is 11.2 Å². The summed E-state index contributed by atoms with van der Waals surface area (Å²) < 4.78 is 8.98. The number of aromatic nitrogens is 8. The van der Waals surface area contributed by atoms with Crippen molar-refractivity contribution in [2.45, 2.75) is 31.8 Å². The van der Waals surface area contributed by atoms with Crippen LogP contribution in [0.1, 0.15) is 19.6 Å². The van der Waals surface area contributed by atoms with Crippen LogP contribution in [-0.2, 0) is 16.6 Å². The number of ether oxygens (including phenoxy) is 1. The average molecular weight is 506 g/mol. The lowest BCUT2D eigenvalue weighted by molar-refractivity contribution is -0.114. The maximum Gasteiger partial charge on any atom is 0.280 e. The van der Waals surface area contributed by atoms with Crippen LogP contribution in [0, 0.1) is 0 Å². The second-order valence-corrected chi connectivity index (χ2v) is 8.70. The number of carbonyl (C=O) groups is 1. The predicted molar refractivity (Wildman–Crippen MR) is 131 cm³/mol. The van der Waals surface area contributed by atoms with E-state index in [4.69, 9.17) is 4.74 Å². The number of hydrogen-bond donors (Lipinski definition) is 5. The standard InChI is InChI=1S/C22H22N10O5/c1-9(34)26-22-28-16-11(31(22)2)5-10(15-17(16)24-4-3-23-15)27-21-29-19-18(20(36)30-21)25-8-32(19)14-6-12(35)13(7-33)37-14/h3-5,8,12-14,33,35H,6-7H2,1-2H3,(H,26,28,34)(H2,27,29,30,36)/t12-,13+,14+/m0/s1. The van der Waals surface area contributed by atoms with Gasteiger partial charge in [-0.05, 0) is 6.07 Å². The molecule has 1 saturated heterocycles. The van der Waals surface area contributed by atoms with Gasteiger partial charge in [-0.3, -0.25) is 34.4 Å². The van der Waals surface area contributed by atoms with Gasteiger partial charge in [0.25, 0.3) is 5.56 Å². The number of fused-ring (bicyclic) bond motifs is 4. The summed E-state index contributed by atoms with van der Waals surface area (Å²) in [6, 6.07) is 1.77. The molecule has 0 spiro atoms. The third kappa shape index (κ3) is 3.76. The topological polar surface area (TPSA) is 198 Å². The van der Waals surface area contributed by atoms with Crippen LogP contribution in [0.4, 0.5) is 17.6 Å². The highest BCUT2D eigenvalue weighted by molar-refractivity contribution is 6.08. The fourth-order valence-electron chi connectivity index (χ4n) is 4.50. The minimum absolute atomic E-state index is 0.0998. The van der Waals surface area contributed by atoms with Crippen LogP contribution >= 0.6 is 0 Å². The molecule has 5 N–H and O–H groups in total. The lowest BCUT2D eigenvalue weighted by atomic mass is 10.2. The summed E-state index contributed by atoms with van der Waals surface area (Å²) >= 11 is 0. The summed E-state index contributed by atoms with van der Waals surface area (Å²) in [4.78, 5) is 49.2. The Hall–Kier alpha value is -4.47. The van der Waals surface area contributed by atoms with E-state index in [-0.39, 0.29) is 36.0 Å². The molecule has 0 bridgehead atoms. The number of amides is 1. The Morgan fingerprint density at radius 1 is 1.19 bits per heavy atom. The first-order valence-electron chi connectivity index (χ1n) is 11.4. The molecule has 1 aliphatic heterocycles. The number of hydrogen-bond acceptors (Lipinski definition) is 11. The first-order chi connectivity index (χ1) is 17.8. The number of H-pyrrole nitrogens is 1. The maximum atomic E-state index is 12.8. The fraction of sp³-hybridized carbons (Fsp3) is 0.318. The van der Waals surface area contributed by atoms with Gasteiger partial charge in [-0.15, -0.1) is 0 Å². The highest BCUT2D eigenvalue weighted by atomic mass is 16.5. The number of aliphatic hydroxyl groups is 2. The SMILES string of the molecule is CC(=O)Nc1nc2c3nccnc3c(Nc3nc4c(ncn4[C@H]4C[C@H](O)[C@@H](CO)O4)c(=O)[nH]3)cc2n1C. The molecule has 1 aliphatic rings. The van der Waals surface area contributed by atoms with Gasteiger partial charge < -0.3 is 24.8 Å². The van der Waals surface area contributed by atoms with Crippen molar-refractivity contribution in [1.29, 1.82) is 0 Å². The second-order valence-electron chi connectivity index (χ2n) is 8.70. The summed E-state index contributed by atoms with van der Waals surface area (Å²) in [6.45, 7) is 1.06. The largest absolute Gasteiger partial charge is 0.394 e. The zero-order valence-electron chi connectivity index (χ0n) is 19.7. The quantitative estimate of drug-likeness (QED) is 0.220. The number of nitrogens with zero attached hydrogens (tertiary/aromatic N) is 7. The molecule has 3 atom stereocenters. The molecule has 4 aromatic heterocycles. The molecule has 0 aliphatic carbocycles. The molecule has 37 heavy (non-hydrogen) atoms. The van der Waals surface area contributed by atoms with E-state index < -0.39 is 24.0 Å². The minimum atomic E-state index is -0.856. The highest BCUT2D eigenvalue weighted by Gasteiger charge is 2.35. The molecule has 1 amide bonds. The smallest absolute Gasteiger partial charge is 0.280 e. The molecule has 15 heteroatoms. The number of aliphatic hydroxyl groups excluding tert-OH is 2. The van der Waals surface area contributed by atoms with Gasteiger partial charge in [0.05, 0.1) is 30.2 Å². The molecule has 1 fully saturated rings. The van der Waals surface area contributed by atoms with E-state index in [0.29, 0.717) is 33.7 Å². The highest BCUT2D eigenvalue weighted by Crippen LogP contribution is 2.33. The Labute approximate surface area is 207 Å². The van der Waals surface area contributed by atoms with Crippen LogP contribution in [-0.4, -0.2) is 74.0 Å². The van der Waals surface area contributed by atoms with E-state index in [9.17, 15) is 19.8 Å². The van der Waals surface area contributed by atoms with Gasteiger partial charge >= 0.3 is 0 Å². The van der Waals surface area contributed by atoms with Gasteiger partial charge in [-0.25, -0.2) is 9.97 Å². The van der Waals surface area contributed by atoms with Crippen molar-refractivity contribution in [1.82, 2.24) is 39.0 Å². The van der Waals surface area contributed by atoms with E-state index in [2.05, 4.69) is 40.5 Å². The van der Waals surface area contributed by atoms with Crippen molar-refractivity contribution in [2.75, 3.05) is 17.2 Å². The van der Waals surface area contributed by atoms with Crippen LogP contribution in [0.3, 0.4) is 0 Å². The molecule has 6 rings (SSSR count). The fourth-order valence-corrected chi connectivity index (χ4v) is 4.50. The third-order valence-electron chi connectivity index (χ3n) is 6.27. The van der Waals surface area contributed by atoms with Crippen molar-refractivity contribution in [2.24, 2.45) is 7.05 Å². The van der Waals surface area contributed by atoms with E-state index in [1.165, 1.54) is 19.4 Å². The maximum absolute atomic E-state index is 12.8. The van der Waals surface area contributed by atoms with E-state index in [1.807, 2.05) is 0 Å². The summed E-state index contributed by atoms with van der Waals surface area (Å²) in [5, 5.41) is 25.4. The van der Waals surface area contributed by atoms with Crippen LogP contribution in [0.15, 0.2) is 29.6 Å². The van der Waals surface area contributed by atoms with Crippen LogP contribution in [0.2, 0.25) is 0 Å². The van der Waals surface area contributed by atoms with E-state index in [0.717, 1.165) is 0 Å². The number of carbonyl (C=O) groups excluding carboxylic acids is 1. The Kier molecular flexibility index (Phi) is 5.32. The monoisotopic (exact) mass is 506 g/mol. The van der Waals surface area contributed by atoms with Crippen molar-refractivity contribution >= 4 is 56.7 Å². The number of aryl methyl sites for hydroxylation is 1. The molecule has 0 unspecified atom stereocenters. The van der Waals surface area contributed by atoms with Gasteiger partial charge in [0.1, 0.15) is 28.9 Å². The molecule has 0 radical (unpaired) electrons. The molecular weight excluding hydrogens is 484 g/mol. The van der Waals surface area contributed by atoms with Gasteiger partial charge in [-0.2, -0.15) is 4.98 Å². The number of nitrogens with one attached hydrogen (secondary N) is 3. The average Bonchev–Trinajstić information content (AvgIpc) is 3.55. The summed E-state index contributed by atoms with van der Waals surface area (Å²) in [6.07, 6.45) is 2.46. The number of aromatic amines is 1. The Bertz CT molecular complexity index is 1740. The van der Waals surface area contributed by atoms with Gasteiger partial charge in [0, 0.05) is 32.8 Å². The normalized spacial score (nSPS) is 19.7. The molecule has 0 saturated carbocycles. The van der Waals surface area contributed by atoms with Crippen molar-refractivity contribution < 1.29 is 19.7 Å². The third-order valence-corrected chi connectivity index (χ3v) is 6.27. The first-order valence-corrected chi connectivity index (χ1v) is 11.4. The zero-order valence-corrected chi connectivity index (χ0v) is 19.7. The minimum Gasteiger partial charge on any atom is -0.394 e. The number of anilines is 3. The molecule has 5 aromatic rings. The molecular formula is C22H22N10O5. The number of rotatable bonds is 5. The van der Waals surface area contributed by atoms with Gasteiger partial charge in [0.2, 0.25) is 17.8 Å². The number of imidazole rings is 2. The number of benzene rings is 1. The van der Waals surface area contributed by atoms with Crippen LogP contribution in [0.25, 0.3) is 33.2 Å². The van der Waals surface area contributed by atoms with Crippen LogP contribution < -0.4 is 16.2 Å². The second kappa shape index (κ2) is 8.58. The molecule has 5 heterocycles. The van der Waals surface area contributed by atoms with Crippen molar-refractivity contribution in [3.05, 3.63) is 35.1 Å². The van der Waals surface area contributed by atoms with Crippen molar-refractivity contribution in [3.63, 3.8) is 0 Å². The molecule has 1 aromatic carbocycles. The summed E-state index contributed by atoms with van der Waals surface area (Å²) in [7, 11) is 1.76. The molecule has 15 nitrogen and oxygen atoms in total. The molecule has 190 valence electrons. The van der Waals surface area contributed by atoms with E-state index in [1.54, 1.807) is 28.4 Å². The Morgan fingerprint density at radius 3 is 2.70 bits per heavy atom. The van der Waals surface area contributed by atoms with Crippen molar-refractivity contribution in [3.8, 4) is 0 Å². The summed E-state index contributed by atoms with van der Waals surface area (Å²) in [5.74, 6) is 0.207. The lowest BCUT2D eigenvalue weighted by Gasteiger charge is -2.14. The Morgan fingerprint density at radius 2 is 1.97 bits per heavy atom. The Balaban J connectivity index is 1.45.